The van der Waals surface area contributed by atoms with Gasteiger partial charge >= 0.3 is 5.97 Å². The lowest BCUT2D eigenvalue weighted by Gasteiger charge is -2.25. The molecule has 1 atom stereocenters. The smallest absolute Gasteiger partial charge is 0.304 e. The van der Waals surface area contributed by atoms with Crippen molar-refractivity contribution in [2.24, 2.45) is 5.73 Å². The maximum atomic E-state index is 10.7. The van der Waals surface area contributed by atoms with Gasteiger partial charge in [0.1, 0.15) is 7.28 Å². The number of benzene rings is 1. The van der Waals surface area contributed by atoms with Crippen LogP contribution in [0.3, 0.4) is 0 Å². The van der Waals surface area contributed by atoms with E-state index in [4.69, 9.17) is 10.8 Å². The Morgan fingerprint density at radius 2 is 2.07 bits per heavy atom. The Morgan fingerprint density at radius 1 is 1.47 bits per heavy atom. The van der Waals surface area contributed by atoms with E-state index in [9.17, 15) is 4.79 Å². The Balaban J connectivity index is 2.72. The van der Waals surface area contributed by atoms with E-state index in [1.807, 2.05) is 37.2 Å². The zero-order valence-electron chi connectivity index (χ0n) is 8.94. The maximum Gasteiger partial charge on any atom is 0.304 e. The largest absolute Gasteiger partial charge is 0.481 e. The van der Waals surface area contributed by atoms with Crippen molar-refractivity contribution in [3.8, 4) is 0 Å². The average molecular weight is 205 g/mol. The summed E-state index contributed by atoms with van der Waals surface area (Å²) in [5.41, 5.74) is 6.50. The lowest BCUT2D eigenvalue weighted by atomic mass is 9.57. The molecule has 4 heteroatoms. The maximum absolute atomic E-state index is 10.7. The van der Waals surface area contributed by atoms with Crippen LogP contribution in [0.5, 0.6) is 0 Å². The fourth-order valence-corrected chi connectivity index (χ4v) is 1.62. The molecule has 0 saturated heterocycles. The number of hydrogen-bond acceptors (Lipinski definition) is 2. The van der Waals surface area contributed by atoms with Crippen molar-refractivity contribution in [1.82, 2.24) is 0 Å². The highest BCUT2D eigenvalue weighted by atomic mass is 16.4. The van der Waals surface area contributed by atoms with Gasteiger partial charge in [-0.3, -0.25) is 4.79 Å². The molecule has 15 heavy (non-hydrogen) atoms. The molecule has 1 aromatic rings. The summed E-state index contributed by atoms with van der Waals surface area (Å²) in [6.07, 6.45) is 0.620. The van der Waals surface area contributed by atoms with Gasteiger partial charge in [0.25, 0.3) is 0 Å². The number of aliphatic carboxylic acids is 1. The standard InChI is InChI=1S/C11H16BNO2/c1-12-11(13,8-10(14)15)7-9-5-3-2-4-6-9/h2-6,12H,7-8,13H2,1H3,(H,14,15)/t11-/m0/s1. The van der Waals surface area contributed by atoms with Gasteiger partial charge < -0.3 is 10.8 Å². The fourth-order valence-electron chi connectivity index (χ4n) is 1.62. The molecule has 0 bridgehead atoms. The van der Waals surface area contributed by atoms with Crippen LogP contribution < -0.4 is 5.73 Å². The minimum absolute atomic E-state index is 0.0123. The van der Waals surface area contributed by atoms with Gasteiger partial charge in [0, 0.05) is 5.44 Å². The fraction of sp³-hybridized carbons (Fsp3) is 0.364. The number of carboxylic acid groups (broad SMARTS) is 1. The summed E-state index contributed by atoms with van der Waals surface area (Å²) in [5, 5.41) is 8.78. The summed E-state index contributed by atoms with van der Waals surface area (Å²) in [4.78, 5) is 10.7. The number of hydrogen-bond donors (Lipinski definition) is 2. The van der Waals surface area contributed by atoms with Crippen molar-refractivity contribution in [3.63, 3.8) is 0 Å². The van der Waals surface area contributed by atoms with Crippen LogP contribution in [0, 0.1) is 0 Å². The second kappa shape index (κ2) is 4.98. The summed E-state index contributed by atoms with van der Waals surface area (Å²) in [6, 6.07) is 9.75. The van der Waals surface area contributed by atoms with Gasteiger partial charge in [-0.05, 0) is 12.0 Å². The highest BCUT2D eigenvalue weighted by molar-refractivity contribution is 6.39. The summed E-state index contributed by atoms with van der Waals surface area (Å²) >= 11 is 0. The van der Waals surface area contributed by atoms with Crippen molar-refractivity contribution in [2.75, 3.05) is 0 Å². The summed E-state index contributed by atoms with van der Waals surface area (Å²) < 4.78 is 0. The molecule has 3 nitrogen and oxygen atoms in total. The second-order valence-corrected chi connectivity index (χ2v) is 3.95. The molecule has 0 fully saturated rings. The van der Waals surface area contributed by atoms with Crippen LogP contribution in [0.1, 0.15) is 12.0 Å². The number of rotatable bonds is 5. The number of carboxylic acids is 1. The Morgan fingerprint density at radius 3 is 2.53 bits per heavy atom. The van der Waals surface area contributed by atoms with E-state index in [1.165, 1.54) is 0 Å². The molecular formula is C11H16BNO2. The normalized spacial score (nSPS) is 14.3. The van der Waals surface area contributed by atoms with E-state index in [1.54, 1.807) is 0 Å². The van der Waals surface area contributed by atoms with E-state index in [0.29, 0.717) is 13.7 Å². The highest BCUT2D eigenvalue weighted by Crippen LogP contribution is 2.13. The Labute approximate surface area is 90.5 Å². The molecule has 0 aromatic heterocycles. The Kier molecular flexibility index (Phi) is 3.92. The van der Waals surface area contributed by atoms with Gasteiger partial charge in [-0.2, -0.15) is 0 Å². The third-order valence-electron chi connectivity index (χ3n) is 2.61. The molecule has 3 N–H and O–H groups in total. The first-order chi connectivity index (χ1) is 7.06. The van der Waals surface area contributed by atoms with E-state index in [0.717, 1.165) is 5.56 Å². The molecule has 0 unspecified atom stereocenters. The first kappa shape index (κ1) is 11.8. The molecule has 0 aliphatic carbocycles. The van der Waals surface area contributed by atoms with Crippen molar-refractivity contribution >= 4 is 13.2 Å². The van der Waals surface area contributed by atoms with E-state index < -0.39 is 11.4 Å². The monoisotopic (exact) mass is 205 g/mol. The lowest BCUT2D eigenvalue weighted by Crippen LogP contribution is -2.48. The van der Waals surface area contributed by atoms with Crippen molar-refractivity contribution in [1.29, 1.82) is 0 Å². The lowest BCUT2D eigenvalue weighted by molar-refractivity contribution is -0.137. The van der Waals surface area contributed by atoms with Gasteiger partial charge in [0.2, 0.25) is 0 Å². The van der Waals surface area contributed by atoms with Crippen LogP contribution in [0.2, 0.25) is 6.82 Å². The zero-order chi connectivity index (χ0) is 11.3. The molecule has 0 heterocycles. The van der Waals surface area contributed by atoms with Gasteiger partial charge in [0.15, 0.2) is 0 Å². The van der Waals surface area contributed by atoms with Crippen LogP contribution >= 0.6 is 0 Å². The molecular weight excluding hydrogens is 189 g/mol. The van der Waals surface area contributed by atoms with Crippen molar-refractivity contribution < 1.29 is 9.90 Å². The third kappa shape index (κ3) is 3.76. The molecule has 0 radical (unpaired) electrons. The zero-order valence-corrected chi connectivity index (χ0v) is 8.94. The molecule has 0 aliphatic heterocycles. The topological polar surface area (TPSA) is 63.3 Å². The first-order valence-corrected chi connectivity index (χ1v) is 5.10. The predicted molar refractivity (Wildman–Crippen MR) is 62.3 cm³/mol. The van der Waals surface area contributed by atoms with Crippen molar-refractivity contribution in [2.45, 2.75) is 25.1 Å². The van der Waals surface area contributed by atoms with Gasteiger partial charge in [-0.1, -0.05) is 37.2 Å². The summed E-state index contributed by atoms with van der Waals surface area (Å²) in [6.45, 7) is 1.92. The molecule has 0 spiro atoms. The highest BCUT2D eigenvalue weighted by Gasteiger charge is 2.26. The predicted octanol–water partition coefficient (Wildman–Crippen LogP) is 0.843. The van der Waals surface area contributed by atoms with Gasteiger partial charge in [-0.25, -0.2) is 0 Å². The van der Waals surface area contributed by atoms with Crippen LogP contribution in [-0.2, 0) is 11.2 Å². The quantitative estimate of drug-likeness (QED) is 0.700. The average Bonchev–Trinajstić information content (AvgIpc) is 2.18. The Bertz CT molecular complexity index is 329. The van der Waals surface area contributed by atoms with E-state index in [2.05, 4.69) is 0 Å². The number of nitrogens with two attached hydrogens (primary N) is 1. The summed E-state index contributed by atoms with van der Waals surface area (Å²) in [5.74, 6) is -0.838. The Hall–Kier alpha value is -1.29. The van der Waals surface area contributed by atoms with Crippen LogP contribution in [0.25, 0.3) is 0 Å². The SMILES string of the molecule is CB[C@@](N)(CC(=O)O)Cc1ccccc1. The van der Waals surface area contributed by atoms with E-state index in [-0.39, 0.29) is 6.42 Å². The second-order valence-electron chi connectivity index (χ2n) is 3.95. The minimum Gasteiger partial charge on any atom is -0.481 e. The van der Waals surface area contributed by atoms with Gasteiger partial charge in [0.05, 0.1) is 6.42 Å². The summed E-state index contributed by atoms with van der Waals surface area (Å²) in [7, 11) is 0.661. The molecule has 0 amide bonds. The van der Waals surface area contributed by atoms with Gasteiger partial charge in [-0.15, -0.1) is 0 Å². The number of carbonyl (C=O) groups is 1. The molecule has 80 valence electrons. The van der Waals surface area contributed by atoms with Crippen LogP contribution in [0.4, 0.5) is 0 Å². The third-order valence-corrected chi connectivity index (χ3v) is 2.61. The van der Waals surface area contributed by atoms with Crippen LogP contribution in [-0.4, -0.2) is 23.8 Å². The molecule has 1 rings (SSSR count). The minimum atomic E-state index is -0.838. The molecule has 0 aliphatic rings. The molecule has 0 saturated carbocycles. The van der Waals surface area contributed by atoms with Crippen molar-refractivity contribution in [3.05, 3.63) is 35.9 Å². The first-order valence-electron chi connectivity index (χ1n) is 5.10. The molecule has 1 aromatic carbocycles. The van der Waals surface area contributed by atoms with E-state index >= 15 is 0 Å². The van der Waals surface area contributed by atoms with Crippen LogP contribution in [0.15, 0.2) is 30.3 Å².